The van der Waals surface area contributed by atoms with E-state index in [4.69, 9.17) is 9.47 Å². The van der Waals surface area contributed by atoms with Crippen LogP contribution < -0.4 is 0 Å². The molecule has 1 atom stereocenters. The monoisotopic (exact) mass is 239 g/mol. The number of carbonyl (C=O) groups is 1. The lowest BCUT2D eigenvalue weighted by Gasteiger charge is -2.21. The number of hydrogen-bond donors (Lipinski definition) is 0. The molecule has 1 unspecified atom stereocenters. The number of esters is 1. The van der Waals surface area contributed by atoms with Crippen LogP contribution in [0.3, 0.4) is 0 Å². The third-order valence-corrected chi connectivity index (χ3v) is 2.91. The highest BCUT2D eigenvalue weighted by molar-refractivity contribution is 5.85. The van der Waals surface area contributed by atoms with Gasteiger partial charge in [-0.25, -0.2) is 14.5 Å². The Hall–Kier alpha value is -1.43. The number of hydrogen-bond acceptors (Lipinski definition) is 5. The number of aromatic nitrogens is 3. The highest BCUT2D eigenvalue weighted by Gasteiger charge is 2.37. The van der Waals surface area contributed by atoms with Gasteiger partial charge in [0.2, 0.25) is 0 Å². The van der Waals surface area contributed by atoms with E-state index in [2.05, 4.69) is 10.1 Å². The van der Waals surface area contributed by atoms with E-state index in [1.165, 1.54) is 0 Å². The molecule has 0 bridgehead atoms. The van der Waals surface area contributed by atoms with E-state index in [0.29, 0.717) is 12.4 Å². The molecule has 2 heterocycles. The van der Waals surface area contributed by atoms with Crippen molar-refractivity contribution in [2.24, 2.45) is 7.05 Å². The van der Waals surface area contributed by atoms with Crippen molar-refractivity contribution in [2.45, 2.75) is 32.3 Å². The summed E-state index contributed by atoms with van der Waals surface area (Å²) in [7, 11) is 1.76. The second kappa shape index (κ2) is 4.44. The van der Waals surface area contributed by atoms with Crippen molar-refractivity contribution in [1.82, 2.24) is 14.8 Å². The molecule has 0 amide bonds. The summed E-state index contributed by atoms with van der Waals surface area (Å²) in [6.45, 7) is 4.76. The van der Waals surface area contributed by atoms with Crippen molar-refractivity contribution in [3.63, 3.8) is 0 Å². The second-order valence-electron chi connectivity index (χ2n) is 4.29. The summed E-state index contributed by atoms with van der Waals surface area (Å²) in [5.74, 6) is 0.287. The molecule has 0 saturated carbocycles. The maximum absolute atomic E-state index is 11.5. The lowest BCUT2D eigenvalue weighted by molar-refractivity contribution is 0.00645. The van der Waals surface area contributed by atoms with Gasteiger partial charge in [0.1, 0.15) is 5.60 Å². The van der Waals surface area contributed by atoms with E-state index in [1.54, 1.807) is 18.7 Å². The van der Waals surface area contributed by atoms with Crippen molar-refractivity contribution in [3.8, 4) is 0 Å². The van der Waals surface area contributed by atoms with E-state index in [0.717, 1.165) is 19.4 Å². The van der Waals surface area contributed by atoms with Crippen LogP contribution >= 0.6 is 0 Å². The zero-order valence-corrected chi connectivity index (χ0v) is 10.4. The summed E-state index contributed by atoms with van der Waals surface area (Å²) < 4.78 is 12.2. The molecule has 0 N–H and O–H groups in total. The standard InChI is InChI=1S/C11H17N3O3/c1-4-16-9(15)8-12-10(14(3)13-8)11(2)6-5-7-17-11/h4-7H2,1-3H3. The molecule has 1 aliphatic rings. The molecule has 0 aromatic carbocycles. The van der Waals surface area contributed by atoms with Gasteiger partial charge in [0.25, 0.3) is 5.82 Å². The molecule has 94 valence electrons. The quantitative estimate of drug-likeness (QED) is 0.737. The highest BCUT2D eigenvalue weighted by atomic mass is 16.5. The van der Waals surface area contributed by atoms with E-state index >= 15 is 0 Å². The molecule has 1 aromatic heterocycles. The van der Waals surface area contributed by atoms with Gasteiger partial charge in [-0.1, -0.05) is 0 Å². The predicted molar refractivity (Wildman–Crippen MR) is 59.5 cm³/mol. The number of aryl methyl sites for hydroxylation is 1. The Morgan fingerprint density at radius 2 is 2.41 bits per heavy atom. The van der Waals surface area contributed by atoms with Gasteiger partial charge < -0.3 is 9.47 Å². The van der Waals surface area contributed by atoms with E-state index < -0.39 is 11.6 Å². The fourth-order valence-corrected chi connectivity index (χ4v) is 2.08. The number of nitrogens with zero attached hydrogens (tertiary/aromatic N) is 3. The lowest BCUT2D eigenvalue weighted by Crippen LogP contribution is -2.24. The summed E-state index contributed by atoms with van der Waals surface area (Å²) in [6, 6.07) is 0. The van der Waals surface area contributed by atoms with Crippen LogP contribution in [0.15, 0.2) is 0 Å². The van der Waals surface area contributed by atoms with Crippen molar-refractivity contribution >= 4 is 5.97 Å². The first-order valence-electron chi connectivity index (χ1n) is 5.79. The van der Waals surface area contributed by atoms with Crippen molar-refractivity contribution in [2.75, 3.05) is 13.2 Å². The molecule has 2 rings (SSSR count). The lowest BCUT2D eigenvalue weighted by atomic mass is 10.0. The molecular formula is C11H17N3O3. The van der Waals surface area contributed by atoms with Gasteiger partial charge in [-0.05, 0) is 26.7 Å². The van der Waals surface area contributed by atoms with Crippen LogP contribution in [0.5, 0.6) is 0 Å². The van der Waals surface area contributed by atoms with Crippen LogP contribution in [-0.4, -0.2) is 33.9 Å². The van der Waals surface area contributed by atoms with Gasteiger partial charge >= 0.3 is 5.97 Å². The van der Waals surface area contributed by atoms with Crippen LogP contribution in [0, 0.1) is 0 Å². The summed E-state index contributed by atoms with van der Waals surface area (Å²) >= 11 is 0. The smallest absolute Gasteiger partial charge is 0.378 e. The normalized spacial score (nSPS) is 23.9. The molecule has 1 aromatic rings. The van der Waals surface area contributed by atoms with Gasteiger partial charge in [0.15, 0.2) is 5.82 Å². The van der Waals surface area contributed by atoms with Crippen molar-refractivity contribution in [3.05, 3.63) is 11.6 Å². The molecule has 6 heteroatoms. The second-order valence-corrected chi connectivity index (χ2v) is 4.29. The Kier molecular flexibility index (Phi) is 3.15. The van der Waals surface area contributed by atoms with Crippen LogP contribution in [0.2, 0.25) is 0 Å². The fourth-order valence-electron chi connectivity index (χ4n) is 2.08. The molecule has 0 aliphatic carbocycles. The molecule has 0 radical (unpaired) electrons. The van der Waals surface area contributed by atoms with Gasteiger partial charge in [0.05, 0.1) is 6.61 Å². The Morgan fingerprint density at radius 1 is 1.65 bits per heavy atom. The van der Waals surface area contributed by atoms with E-state index in [-0.39, 0.29) is 5.82 Å². The van der Waals surface area contributed by atoms with Crippen molar-refractivity contribution in [1.29, 1.82) is 0 Å². The number of ether oxygens (including phenoxy) is 2. The maximum Gasteiger partial charge on any atom is 0.378 e. The van der Waals surface area contributed by atoms with Crippen LogP contribution in [0.25, 0.3) is 0 Å². The van der Waals surface area contributed by atoms with Crippen LogP contribution in [0.1, 0.15) is 43.1 Å². The molecule has 6 nitrogen and oxygen atoms in total. The minimum atomic E-state index is -0.490. The van der Waals surface area contributed by atoms with Gasteiger partial charge in [-0.3, -0.25) is 0 Å². The first kappa shape index (κ1) is 12.0. The Morgan fingerprint density at radius 3 is 3.00 bits per heavy atom. The molecule has 17 heavy (non-hydrogen) atoms. The number of rotatable bonds is 3. The molecule has 1 aliphatic heterocycles. The first-order valence-corrected chi connectivity index (χ1v) is 5.79. The van der Waals surface area contributed by atoms with Crippen LogP contribution in [-0.2, 0) is 22.1 Å². The molecule has 0 spiro atoms. The van der Waals surface area contributed by atoms with E-state index in [1.807, 2.05) is 6.92 Å². The number of carbonyl (C=O) groups excluding carboxylic acids is 1. The Balaban J connectivity index is 2.27. The van der Waals surface area contributed by atoms with Gasteiger partial charge in [-0.2, -0.15) is 0 Å². The largest absolute Gasteiger partial charge is 0.460 e. The summed E-state index contributed by atoms with van der Waals surface area (Å²) in [5, 5.41) is 4.07. The Labute approximate surface area is 99.9 Å². The first-order chi connectivity index (χ1) is 8.07. The fraction of sp³-hybridized carbons (Fsp3) is 0.727. The minimum Gasteiger partial charge on any atom is -0.460 e. The highest BCUT2D eigenvalue weighted by Crippen LogP contribution is 2.34. The molecule has 1 saturated heterocycles. The van der Waals surface area contributed by atoms with Gasteiger partial charge in [0, 0.05) is 13.7 Å². The third-order valence-electron chi connectivity index (χ3n) is 2.91. The summed E-state index contributed by atoms with van der Waals surface area (Å²) in [4.78, 5) is 15.8. The summed E-state index contributed by atoms with van der Waals surface area (Å²) in [6.07, 6.45) is 1.89. The predicted octanol–water partition coefficient (Wildman–Crippen LogP) is 1.02. The van der Waals surface area contributed by atoms with Crippen molar-refractivity contribution < 1.29 is 14.3 Å². The maximum atomic E-state index is 11.5. The summed E-state index contributed by atoms with van der Waals surface area (Å²) in [5.41, 5.74) is -0.438. The topological polar surface area (TPSA) is 66.2 Å². The van der Waals surface area contributed by atoms with Crippen LogP contribution in [0.4, 0.5) is 0 Å². The average Bonchev–Trinajstić information content (AvgIpc) is 2.86. The Bertz CT molecular complexity index is 422. The van der Waals surface area contributed by atoms with Gasteiger partial charge in [-0.15, -0.1) is 5.10 Å². The zero-order valence-electron chi connectivity index (χ0n) is 10.4. The van der Waals surface area contributed by atoms with E-state index in [9.17, 15) is 4.79 Å². The SMILES string of the molecule is CCOC(=O)c1nc(C2(C)CCCO2)n(C)n1. The third kappa shape index (κ3) is 2.17. The zero-order chi connectivity index (χ0) is 12.5. The minimum absolute atomic E-state index is 0.0982. The molecule has 1 fully saturated rings. The average molecular weight is 239 g/mol. The molecular weight excluding hydrogens is 222 g/mol.